The summed E-state index contributed by atoms with van der Waals surface area (Å²) in [4.78, 5) is 13.1. The van der Waals surface area contributed by atoms with Crippen LogP contribution in [0.25, 0.3) is 0 Å². The first-order valence-electron chi connectivity index (χ1n) is 6.25. The van der Waals surface area contributed by atoms with Gasteiger partial charge in [0.2, 0.25) is 0 Å². The van der Waals surface area contributed by atoms with Crippen molar-refractivity contribution in [3.63, 3.8) is 0 Å². The van der Waals surface area contributed by atoms with Crippen LogP contribution in [0.15, 0.2) is 58.4 Å². The van der Waals surface area contributed by atoms with E-state index in [1.807, 2.05) is 53.9 Å². The van der Waals surface area contributed by atoms with E-state index in [0.717, 1.165) is 10.6 Å². The summed E-state index contributed by atoms with van der Waals surface area (Å²) < 4.78 is 0. The third-order valence-corrected chi connectivity index (χ3v) is 5.13. The highest BCUT2D eigenvalue weighted by molar-refractivity contribution is 8.03. The van der Waals surface area contributed by atoms with E-state index in [0.29, 0.717) is 5.03 Å². The topological polar surface area (TPSA) is 64.9 Å². The summed E-state index contributed by atoms with van der Waals surface area (Å²) in [7, 11) is 0. The zero-order valence-corrected chi connectivity index (χ0v) is 12.5. The first-order valence-corrected chi connectivity index (χ1v) is 8.01. The number of nitrogens with one attached hydrogen (secondary N) is 2. The summed E-state index contributed by atoms with van der Waals surface area (Å²) in [5.41, 5.74) is 0.976. The van der Waals surface area contributed by atoms with Crippen LogP contribution in [0.4, 0.5) is 5.69 Å². The zero-order chi connectivity index (χ0) is 14.7. The lowest BCUT2D eigenvalue weighted by molar-refractivity contribution is -0.117. The van der Waals surface area contributed by atoms with E-state index in [9.17, 15) is 10.1 Å². The first-order chi connectivity index (χ1) is 10.3. The predicted octanol–water partition coefficient (Wildman–Crippen LogP) is 3.46. The van der Waals surface area contributed by atoms with E-state index in [1.165, 1.54) is 11.8 Å². The number of nitrogens with zero attached hydrogens (tertiary/aromatic N) is 1. The molecule has 1 amide bonds. The maximum Gasteiger partial charge on any atom is 0.265 e. The van der Waals surface area contributed by atoms with Gasteiger partial charge in [-0.1, -0.05) is 36.0 Å². The molecule has 0 radical (unpaired) electrons. The highest BCUT2D eigenvalue weighted by Crippen LogP contribution is 2.39. The van der Waals surface area contributed by atoms with Crippen LogP contribution in [0.2, 0.25) is 0 Å². The summed E-state index contributed by atoms with van der Waals surface area (Å²) in [6, 6.07) is 15.4. The first kappa shape index (κ1) is 13.7. The molecule has 0 fully saturated rings. The summed E-state index contributed by atoms with van der Waals surface area (Å²) >= 11 is 3.02. The third-order valence-electron chi connectivity index (χ3n) is 2.90. The van der Waals surface area contributed by atoms with Gasteiger partial charge < -0.3 is 10.6 Å². The summed E-state index contributed by atoms with van der Waals surface area (Å²) in [5, 5.41) is 17.6. The molecule has 1 aromatic carbocycles. The van der Waals surface area contributed by atoms with Crippen LogP contribution in [0.3, 0.4) is 0 Å². The quantitative estimate of drug-likeness (QED) is 0.911. The van der Waals surface area contributed by atoms with E-state index >= 15 is 0 Å². The van der Waals surface area contributed by atoms with Crippen molar-refractivity contribution in [1.29, 1.82) is 5.26 Å². The second-order valence-corrected chi connectivity index (χ2v) is 6.39. The molecule has 0 unspecified atom stereocenters. The smallest absolute Gasteiger partial charge is 0.265 e. The van der Waals surface area contributed by atoms with Gasteiger partial charge in [0, 0.05) is 10.6 Å². The molecule has 0 saturated heterocycles. The Balaban J connectivity index is 1.91. The minimum Gasteiger partial charge on any atom is -0.349 e. The molecule has 0 saturated carbocycles. The number of rotatable bonds is 3. The third kappa shape index (κ3) is 2.94. The van der Waals surface area contributed by atoms with Crippen molar-refractivity contribution in [3.8, 4) is 6.07 Å². The van der Waals surface area contributed by atoms with Crippen molar-refractivity contribution in [2.24, 2.45) is 0 Å². The normalized spacial score (nSPS) is 18.0. The van der Waals surface area contributed by atoms with Crippen LogP contribution in [0.5, 0.6) is 0 Å². The second kappa shape index (κ2) is 6.04. The zero-order valence-electron chi connectivity index (χ0n) is 10.9. The molecule has 1 aromatic heterocycles. The SMILES string of the molecule is N#CC1=C(Nc2ccccc2)S[C@@H](c2cccs2)NC1=O. The highest BCUT2D eigenvalue weighted by atomic mass is 32.2. The fraction of sp³-hybridized carbons (Fsp3) is 0.0667. The molecule has 0 bridgehead atoms. The Bertz CT molecular complexity index is 717. The van der Waals surface area contributed by atoms with Gasteiger partial charge in [-0.05, 0) is 23.6 Å². The summed E-state index contributed by atoms with van der Waals surface area (Å²) in [6.45, 7) is 0. The van der Waals surface area contributed by atoms with Crippen LogP contribution < -0.4 is 10.6 Å². The Morgan fingerprint density at radius 2 is 2.00 bits per heavy atom. The van der Waals surface area contributed by atoms with Gasteiger partial charge >= 0.3 is 0 Å². The second-order valence-electron chi connectivity index (χ2n) is 4.29. The number of carbonyl (C=O) groups is 1. The largest absolute Gasteiger partial charge is 0.349 e. The minimum absolute atomic E-state index is 0.122. The average Bonchev–Trinajstić information content (AvgIpc) is 3.02. The number of carbonyl (C=O) groups excluding carboxylic acids is 1. The minimum atomic E-state index is -0.340. The Morgan fingerprint density at radius 1 is 1.19 bits per heavy atom. The fourth-order valence-electron chi connectivity index (χ4n) is 1.92. The number of hydrogen-bond acceptors (Lipinski definition) is 5. The Morgan fingerprint density at radius 3 is 2.67 bits per heavy atom. The number of amides is 1. The predicted molar refractivity (Wildman–Crippen MR) is 85.5 cm³/mol. The monoisotopic (exact) mass is 313 g/mol. The average molecular weight is 313 g/mol. The van der Waals surface area contributed by atoms with E-state index in [2.05, 4.69) is 10.6 Å². The van der Waals surface area contributed by atoms with E-state index in [4.69, 9.17) is 0 Å². The van der Waals surface area contributed by atoms with Gasteiger partial charge in [0.05, 0.1) is 5.03 Å². The standard InChI is InChI=1S/C15H11N3OS2/c16-9-11-13(19)18-15(12-7-4-8-20-12)21-14(11)17-10-5-2-1-3-6-10/h1-8,15,17H,(H,18,19)/t15-/m0/s1. The molecule has 0 spiro atoms. The van der Waals surface area contributed by atoms with E-state index in [-0.39, 0.29) is 16.9 Å². The molecule has 1 aliphatic heterocycles. The molecule has 104 valence electrons. The lowest BCUT2D eigenvalue weighted by atomic mass is 10.2. The van der Waals surface area contributed by atoms with Gasteiger partial charge in [-0.3, -0.25) is 4.79 Å². The van der Waals surface area contributed by atoms with Crippen LogP contribution in [0, 0.1) is 11.3 Å². The number of para-hydroxylation sites is 1. The molecule has 2 heterocycles. The van der Waals surface area contributed by atoms with Crippen molar-refractivity contribution in [1.82, 2.24) is 5.32 Å². The van der Waals surface area contributed by atoms with Crippen molar-refractivity contribution < 1.29 is 4.79 Å². The van der Waals surface area contributed by atoms with Crippen LogP contribution >= 0.6 is 23.1 Å². The van der Waals surface area contributed by atoms with Crippen molar-refractivity contribution in [3.05, 3.63) is 63.3 Å². The lowest BCUT2D eigenvalue weighted by Gasteiger charge is -2.25. The number of nitriles is 1. The fourth-order valence-corrected chi connectivity index (χ4v) is 3.91. The van der Waals surface area contributed by atoms with Crippen LogP contribution in [-0.4, -0.2) is 5.91 Å². The van der Waals surface area contributed by atoms with Gasteiger partial charge in [-0.25, -0.2) is 0 Å². The molecular weight excluding hydrogens is 302 g/mol. The number of benzene rings is 1. The van der Waals surface area contributed by atoms with Crippen molar-refractivity contribution >= 4 is 34.7 Å². The van der Waals surface area contributed by atoms with Crippen LogP contribution in [0.1, 0.15) is 10.3 Å². The molecule has 2 N–H and O–H groups in total. The molecule has 4 nitrogen and oxygen atoms in total. The van der Waals surface area contributed by atoms with Gasteiger partial charge in [-0.2, -0.15) is 5.26 Å². The van der Waals surface area contributed by atoms with E-state index < -0.39 is 0 Å². The maximum absolute atomic E-state index is 12.1. The van der Waals surface area contributed by atoms with Gasteiger partial charge in [0.25, 0.3) is 5.91 Å². The Kier molecular flexibility index (Phi) is 3.95. The van der Waals surface area contributed by atoms with Gasteiger partial charge in [-0.15, -0.1) is 11.3 Å². The number of hydrogen-bond donors (Lipinski definition) is 2. The Labute approximate surface area is 130 Å². The lowest BCUT2D eigenvalue weighted by Crippen LogP contribution is -2.32. The molecule has 2 aromatic rings. The molecule has 21 heavy (non-hydrogen) atoms. The van der Waals surface area contributed by atoms with Crippen LogP contribution in [-0.2, 0) is 4.79 Å². The number of thioether (sulfide) groups is 1. The molecule has 1 atom stereocenters. The molecule has 1 aliphatic rings. The van der Waals surface area contributed by atoms with Crippen molar-refractivity contribution in [2.45, 2.75) is 5.37 Å². The molecule has 0 aliphatic carbocycles. The highest BCUT2D eigenvalue weighted by Gasteiger charge is 2.29. The molecule has 6 heteroatoms. The number of thiophene rings is 1. The molecular formula is C15H11N3OS2. The number of anilines is 1. The summed E-state index contributed by atoms with van der Waals surface area (Å²) in [6.07, 6.45) is 0. The van der Waals surface area contributed by atoms with Gasteiger partial charge in [0.15, 0.2) is 0 Å². The molecule has 3 rings (SSSR count). The summed E-state index contributed by atoms with van der Waals surface area (Å²) in [5.74, 6) is -0.340. The van der Waals surface area contributed by atoms with E-state index in [1.54, 1.807) is 11.3 Å². The maximum atomic E-state index is 12.1. The Hall–Kier alpha value is -2.23. The van der Waals surface area contributed by atoms with Gasteiger partial charge in [0.1, 0.15) is 17.0 Å². The van der Waals surface area contributed by atoms with Crippen molar-refractivity contribution in [2.75, 3.05) is 5.32 Å².